The van der Waals surface area contributed by atoms with Crippen LogP contribution in [0.4, 0.5) is 0 Å². The van der Waals surface area contributed by atoms with Crippen LogP contribution in [-0.4, -0.2) is 26.2 Å². The van der Waals surface area contributed by atoms with Crippen LogP contribution in [0.15, 0.2) is 12.3 Å². The molecule has 0 spiro atoms. The van der Waals surface area contributed by atoms with Crippen molar-refractivity contribution in [3.63, 3.8) is 0 Å². The Morgan fingerprint density at radius 3 is 2.67 bits per heavy atom. The third-order valence-electron chi connectivity index (χ3n) is 3.57. The van der Waals surface area contributed by atoms with Gasteiger partial charge in [-0.25, -0.2) is 9.97 Å². The summed E-state index contributed by atoms with van der Waals surface area (Å²) in [5.74, 6) is 0.675. The van der Waals surface area contributed by atoms with E-state index in [4.69, 9.17) is 10.2 Å². The van der Waals surface area contributed by atoms with Crippen molar-refractivity contribution < 1.29 is 15.0 Å². The highest BCUT2D eigenvalue weighted by Crippen LogP contribution is 2.35. The Bertz CT molecular complexity index is 414. The lowest BCUT2D eigenvalue weighted by Gasteiger charge is -2.26. The van der Waals surface area contributed by atoms with Crippen molar-refractivity contribution >= 4 is 5.97 Å². The maximum atomic E-state index is 10.7. The fourth-order valence-corrected chi connectivity index (χ4v) is 2.57. The van der Waals surface area contributed by atoms with Crippen molar-refractivity contribution in [2.24, 2.45) is 5.92 Å². The van der Waals surface area contributed by atoms with Crippen LogP contribution in [-0.2, 0) is 11.4 Å². The van der Waals surface area contributed by atoms with E-state index in [1.807, 2.05) is 0 Å². The Labute approximate surface area is 106 Å². The third kappa shape index (κ3) is 3.26. The molecule has 1 saturated carbocycles. The minimum Gasteiger partial charge on any atom is -0.481 e. The standard InChI is InChI=1S/C13H18N2O3/c16-8-11-5-6-14-13(15-11)10-3-1-9(2-4-10)7-12(17)18/h5-6,9-10,16H,1-4,7-8H2,(H,17,18)/t9-,10-. The van der Waals surface area contributed by atoms with E-state index < -0.39 is 5.97 Å². The molecule has 0 radical (unpaired) electrons. The minimum absolute atomic E-state index is 0.0656. The molecule has 98 valence electrons. The van der Waals surface area contributed by atoms with Gasteiger partial charge in [-0.2, -0.15) is 0 Å². The predicted octanol–water partition coefficient (Wildman–Crippen LogP) is 1.72. The summed E-state index contributed by atoms with van der Waals surface area (Å²) in [6, 6.07) is 1.71. The first-order valence-corrected chi connectivity index (χ1v) is 6.33. The van der Waals surface area contributed by atoms with Crippen LogP contribution >= 0.6 is 0 Å². The van der Waals surface area contributed by atoms with Gasteiger partial charge in [0.1, 0.15) is 5.82 Å². The second-order valence-corrected chi connectivity index (χ2v) is 4.88. The molecule has 0 amide bonds. The summed E-state index contributed by atoms with van der Waals surface area (Å²) in [5, 5.41) is 17.8. The highest BCUT2D eigenvalue weighted by atomic mass is 16.4. The van der Waals surface area contributed by atoms with Gasteiger partial charge < -0.3 is 10.2 Å². The quantitative estimate of drug-likeness (QED) is 0.850. The first kappa shape index (κ1) is 13.0. The van der Waals surface area contributed by atoms with Crippen LogP contribution in [0.3, 0.4) is 0 Å². The molecule has 0 aromatic carbocycles. The normalized spacial score (nSPS) is 23.8. The minimum atomic E-state index is -0.711. The van der Waals surface area contributed by atoms with Gasteiger partial charge in [-0.15, -0.1) is 0 Å². The number of hydrogen-bond acceptors (Lipinski definition) is 4. The van der Waals surface area contributed by atoms with Gasteiger partial charge in [-0.05, 0) is 37.7 Å². The summed E-state index contributed by atoms with van der Waals surface area (Å²) >= 11 is 0. The zero-order valence-electron chi connectivity index (χ0n) is 10.2. The number of carboxylic acid groups (broad SMARTS) is 1. The van der Waals surface area contributed by atoms with E-state index in [0.717, 1.165) is 31.5 Å². The number of aromatic nitrogens is 2. The first-order chi connectivity index (χ1) is 8.69. The van der Waals surface area contributed by atoms with Crippen LogP contribution in [0.2, 0.25) is 0 Å². The molecule has 2 rings (SSSR count). The molecule has 1 aromatic rings. The number of rotatable bonds is 4. The van der Waals surface area contributed by atoms with Crippen molar-refractivity contribution in [2.45, 2.75) is 44.6 Å². The van der Waals surface area contributed by atoms with Crippen molar-refractivity contribution in [3.8, 4) is 0 Å². The summed E-state index contributed by atoms with van der Waals surface area (Å²) < 4.78 is 0. The van der Waals surface area contributed by atoms with E-state index in [-0.39, 0.29) is 13.0 Å². The summed E-state index contributed by atoms with van der Waals surface area (Å²) in [6.45, 7) is -0.0656. The van der Waals surface area contributed by atoms with E-state index in [1.165, 1.54) is 0 Å². The van der Waals surface area contributed by atoms with Crippen LogP contribution < -0.4 is 0 Å². The van der Waals surface area contributed by atoms with Crippen LogP contribution in [0, 0.1) is 5.92 Å². The number of carbonyl (C=O) groups is 1. The fraction of sp³-hybridized carbons (Fsp3) is 0.615. The van der Waals surface area contributed by atoms with E-state index in [1.54, 1.807) is 12.3 Å². The van der Waals surface area contributed by atoms with Gasteiger partial charge in [-0.3, -0.25) is 4.79 Å². The molecule has 0 unspecified atom stereocenters. The number of carboxylic acids is 1. The van der Waals surface area contributed by atoms with E-state index in [9.17, 15) is 4.79 Å². The Hall–Kier alpha value is -1.49. The number of aliphatic hydroxyl groups is 1. The summed E-state index contributed by atoms with van der Waals surface area (Å²) in [6.07, 6.45) is 5.66. The van der Waals surface area contributed by atoms with Crippen molar-refractivity contribution in [1.82, 2.24) is 9.97 Å². The lowest BCUT2D eigenvalue weighted by Crippen LogP contribution is -2.18. The number of nitrogens with zero attached hydrogens (tertiary/aromatic N) is 2. The molecule has 1 aliphatic rings. The molecule has 18 heavy (non-hydrogen) atoms. The predicted molar refractivity (Wildman–Crippen MR) is 64.9 cm³/mol. The van der Waals surface area contributed by atoms with Gasteiger partial charge in [0, 0.05) is 18.5 Å². The first-order valence-electron chi connectivity index (χ1n) is 6.33. The highest BCUT2D eigenvalue weighted by Gasteiger charge is 2.25. The molecule has 0 atom stereocenters. The van der Waals surface area contributed by atoms with E-state index in [2.05, 4.69) is 9.97 Å². The number of hydrogen-bond donors (Lipinski definition) is 2. The Morgan fingerprint density at radius 1 is 1.33 bits per heavy atom. The molecule has 5 heteroatoms. The van der Waals surface area contributed by atoms with Gasteiger partial charge in [0.25, 0.3) is 0 Å². The average Bonchev–Trinajstić information content (AvgIpc) is 2.39. The largest absolute Gasteiger partial charge is 0.481 e. The van der Waals surface area contributed by atoms with Gasteiger partial charge in [0.05, 0.1) is 12.3 Å². The third-order valence-corrected chi connectivity index (χ3v) is 3.57. The van der Waals surface area contributed by atoms with Gasteiger partial charge in [-0.1, -0.05) is 0 Å². The van der Waals surface area contributed by atoms with Gasteiger partial charge in [0.15, 0.2) is 0 Å². The molecule has 0 aliphatic heterocycles. The van der Waals surface area contributed by atoms with Crippen molar-refractivity contribution in [2.75, 3.05) is 0 Å². The van der Waals surface area contributed by atoms with Crippen LogP contribution in [0.5, 0.6) is 0 Å². The zero-order valence-corrected chi connectivity index (χ0v) is 10.2. The molecule has 1 aliphatic carbocycles. The molecule has 0 bridgehead atoms. The maximum Gasteiger partial charge on any atom is 0.303 e. The van der Waals surface area contributed by atoms with Crippen molar-refractivity contribution in [3.05, 3.63) is 23.8 Å². The zero-order chi connectivity index (χ0) is 13.0. The molecule has 5 nitrogen and oxygen atoms in total. The SMILES string of the molecule is O=C(O)C[C@H]1CC[C@H](c2nccc(CO)n2)CC1. The van der Waals surface area contributed by atoms with Gasteiger partial charge >= 0.3 is 5.97 Å². The Balaban J connectivity index is 1.94. The molecule has 1 fully saturated rings. The van der Waals surface area contributed by atoms with E-state index >= 15 is 0 Å². The lowest BCUT2D eigenvalue weighted by atomic mass is 9.80. The average molecular weight is 250 g/mol. The van der Waals surface area contributed by atoms with Crippen molar-refractivity contribution in [1.29, 1.82) is 0 Å². The smallest absolute Gasteiger partial charge is 0.303 e. The second kappa shape index (κ2) is 5.91. The molecular formula is C13H18N2O3. The van der Waals surface area contributed by atoms with Crippen LogP contribution in [0.1, 0.15) is 49.5 Å². The topological polar surface area (TPSA) is 83.3 Å². The van der Waals surface area contributed by atoms with E-state index in [0.29, 0.717) is 17.5 Å². The summed E-state index contributed by atoms with van der Waals surface area (Å²) in [4.78, 5) is 19.2. The summed E-state index contributed by atoms with van der Waals surface area (Å²) in [5.41, 5.74) is 0.646. The molecule has 0 saturated heterocycles. The highest BCUT2D eigenvalue weighted by molar-refractivity contribution is 5.67. The van der Waals surface area contributed by atoms with Crippen LogP contribution in [0.25, 0.3) is 0 Å². The molecular weight excluding hydrogens is 232 g/mol. The Morgan fingerprint density at radius 2 is 2.06 bits per heavy atom. The summed E-state index contributed by atoms with van der Waals surface area (Å²) in [7, 11) is 0. The lowest BCUT2D eigenvalue weighted by molar-refractivity contribution is -0.138. The number of aliphatic hydroxyl groups excluding tert-OH is 1. The number of aliphatic carboxylic acids is 1. The second-order valence-electron chi connectivity index (χ2n) is 4.88. The maximum absolute atomic E-state index is 10.7. The molecule has 2 N–H and O–H groups in total. The molecule has 1 heterocycles. The monoisotopic (exact) mass is 250 g/mol. The van der Waals surface area contributed by atoms with Gasteiger partial charge in [0.2, 0.25) is 0 Å². The molecule has 1 aromatic heterocycles. The Kier molecular flexibility index (Phi) is 4.25. The fourth-order valence-electron chi connectivity index (χ4n) is 2.57.